The number of pyridine rings is 3. The van der Waals surface area contributed by atoms with E-state index < -0.39 is 5.82 Å². The molecule has 0 atom stereocenters. The molecule has 0 unspecified atom stereocenters. The Morgan fingerprint density at radius 1 is 1.00 bits per heavy atom. The zero-order valence-corrected chi connectivity index (χ0v) is 23.6. The topological polar surface area (TPSA) is 138 Å². The summed E-state index contributed by atoms with van der Waals surface area (Å²) in [4.78, 5) is 35.9. The van der Waals surface area contributed by atoms with Crippen LogP contribution in [0.2, 0.25) is 0 Å². The van der Waals surface area contributed by atoms with E-state index in [0.29, 0.717) is 69.5 Å². The molecular formula is C31H28FN9O2. The largest absolute Gasteiger partial charge is 0.492 e. The second-order valence-corrected chi connectivity index (χ2v) is 10.9. The molecule has 216 valence electrons. The Balaban J connectivity index is 1.23. The molecule has 0 spiro atoms. The standard InChI is InChI=1S/C31H28FN9O2/c1-41(2)7-8-43-22-11-18(9-20(32)12-22)23-15-34-16-26-27(23)38-30(37-26)29-28-25(39-40-29)6-5-24(36-28)19-10-21(14-33-13-19)35-31(42)17-3-4-17/h5-6,9-17H,3-4,7-8H2,1-2H3,(H,35,42)(H,37,38)(H,39,40). The van der Waals surface area contributed by atoms with Gasteiger partial charge in [-0.3, -0.25) is 19.9 Å². The molecule has 5 aromatic heterocycles. The third-order valence-electron chi connectivity index (χ3n) is 7.27. The van der Waals surface area contributed by atoms with Crippen molar-refractivity contribution in [1.29, 1.82) is 0 Å². The molecule has 1 aromatic carbocycles. The minimum Gasteiger partial charge on any atom is -0.492 e. The van der Waals surface area contributed by atoms with Crippen LogP contribution in [0, 0.1) is 11.7 Å². The highest BCUT2D eigenvalue weighted by Crippen LogP contribution is 2.34. The number of amides is 1. The first-order valence-corrected chi connectivity index (χ1v) is 14.0. The van der Waals surface area contributed by atoms with E-state index in [1.54, 1.807) is 30.9 Å². The van der Waals surface area contributed by atoms with E-state index in [1.165, 1.54) is 12.1 Å². The number of halogens is 1. The van der Waals surface area contributed by atoms with Gasteiger partial charge in [0.15, 0.2) is 11.5 Å². The van der Waals surface area contributed by atoms with Gasteiger partial charge in [0.2, 0.25) is 5.91 Å². The summed E-state index contributed by atoms with van der Waals surface area (Å²) < 4.78 is 20.4. The number of nitrogens with zero attached hydrogens (tertiary/aromatic N) is 6. The highest BCUT2D eigenvalue weighted by Gasteiger charge is 2.29. The summed E-state index contributed by atoms with van der Waals surface area (Å²) in [5.74, 6) is 0.624. The molecule has 6 aromatic rings. The molecule has 0 aliphatic heterocycles. The Labute approximate surface area is 245 Å². The fourth-order valence-electron chi connectivity index (χ4n) is 4.87. The van der Waals surface area contributed by atoms with Crippen LogP contribution in [0.5, 0.6) is 5.75 Å². The number of aromatic amines is 2. The Hall–Kier alpha value is -5.23. The highest BCUT2D eigenvalue weighted by atomic mass is 19.1. The summed E-state index contributed by atoms with van der Waals surface area (Å²) in [6, 6.07) is 10.2. The summed E-state index contributed by atoms with van der Waals surface area (Å²) in [5, 5.41) is 10.5. The predicted octanol–water partition coefficient (Wildman–Crippen LogP) is 5.05. The van der Waals surface area contributed by atoms with Gasteiger partial charge in [0.05, 0.1) is 40.3 Å². The van der Waals surface area contributed by atoms with Crippen LogP contribution in [0.3, 0.4) is 0 Å². The van der Waals surface area contributed by atoms with Crippen molar-refractivity contribution in [2.75, 3.05) is 32.6 Å². The van der Waals surface area contributed by atoms with Gasteiger partial charge in [-0.05, 0) is 62.8 Å². The third-order valence-corrected chi connectivity index (χ3v) is 7.27. The van der Waals surface area contributed by atoms with E-state index in [1.807, 2.05) is 37.2 Å². The summed E-state index contributed by atoms with van der Waals surface area (Å²) in [5.41, 5.74) is 6.47. The molecule has 43 heavy (non-hydrogen) atoms. The number of carbonyl (C=O) groups excluding carboxylic acids is 1. The second-order valence-electron chi connectivity index (χ2n) is 10.9. The monoisotopic (exact) mass is 577 g/mol. The maximum atomic E-state index is 14.6. The number of ether oxygens (including phenoxy) is 1. The lowest BCUT2D eigenvalue weighted by Crippen LogP contribution is -2.19. The molecule has 1 saturated carbocycles. The number of hydrogen-bond donors (Lipinski definition) is 3. The molecule has 3 N–H and O–H groups in total. The molecule has 5 heterocycles. The fraction of sp³-hybridized carbons (Fsp3) is 0.226. The van der Waals surface area contributed by atoms with Crippen LogP contribution in [0.25, 0.3) is 56.0 Å². The van der Waals surface area contributed by atoms with E-state index in [2.05, 4.69) is 30.5 Å². The van der Waals surface area contributed by atoms with E-state index in [0.717, 1.165) is 23.9 Å². The number of anilines is 1. The number of rotatable bonds is 9. The fourth-order valence-corrected chi connectivity index (χ4v) is 4.87. The first-order chi connectivity index (χ1) is 20.9. The van der Waals surface area contributed by atoms with Gasteiger partial charge < -0.3 is 19.9 Å². The minimum absolute atomic E-state index is 0.0181. The lowest BCUT2D eigenvalue weighted by Gasteiger charge is -2.12. The van der Waals surface area contributed by atoms with Crippen LogP contribution in [0.4, 0.5) is 10.1 Å². The molecule has 12 heteroatoms. The van der Waals surface area contributed by atoms with Crippen molar-refractivity contribution >= 4 is 33.7 Å². The van der Waals surface area contributed by atoms with Crippen molar-refractivity contribution in [1.82, 2.24) is 40.0 Å². The van der Waals surface area contributed by atoms with Crippen molar-refractivity contribution in [2.45, 2.75) is 12.8 Å². The number of likely N-dealkylation sites (N-methyl/N-ethyl adjacent to an activating group) is 1. The number of hydrogen-bond acceptors (Lipinski definition) is 8. The second kappa shape index (κ2) is 10.9. The zero-order chi connectivity index (χ0) is 29.5. The molecule has 11 nitrogen and oxygen atoms in total. The SMILES string of the molecule is CN(C)CCOc1cc(F)cc(-c2cncc3[nH]c(-c4n[nH]c5ccc(-c6cncc(NC(=O)C7CC7)c6)nc45)nc23)c1. The van der Waals surface area contributed by atoms with Crippen LogP contribution in [0.15, 0.2) is 61.2 Å². The zero-order valence-electron chi connectivity index (χ0n) is 23.6. The van der Waals surface area contributed by atoms with Crippen LogP contribution >= 0.6 is 0 Å². The van der Waals surface area contributed by atoms with Gasteiger partial charge >= 0.3 is 0 Å². The van der Waals surface area contributed by atoms with E-state index >= 15 is 0 Å². The van der Waals surface area contributed by atoms with E-state index in [-0.39, 0.29) is 11.8 Å². The number of imidazole rings is 1. The van der Waals surface area contributed by atoms with Crippen LogP contribution in [-0.4, -0.2) is 73.2 Å². The van der Waals surface area contributed by atoms with Gasteiger partial charge in [-0.2, -0.15) is 5.10 Å². The Morgan fingerprint density at radius 2 is 1.86 bits per heavy atom. The molecule has 7 rings (SSSR count). The molecule has 0 radical (unpaired) electrons. The van der Waals surface area contributed by atoms with Crippen molar-refractivity contribution in [3.8, 4) is 39.7 Å². The lowest BCUT2D eigenvalue weighted by molar-refractivity contribution is -0.117. The molecule has 0 bridgehead atoms. The maximum Gasteiger partial charge on any atom is 0.227 e. The molecule has 1 amide bonds. The van der Waals surface area contributed by atoms with Gasteiger partial charge in [-0.15, -0.1) is 0 Å². The van der Waals surface area contributed by atoms with Crippen molar-refractivity contribution < 1.29 is 13.9 Å². The van der Waals surface area contributed by atoms with Crippen molar-refractivity contribution in [3.63, 3.8) is 0 Å². The summed E-state index contributed by atoms with van der Waals surface area (Å²) in [6.45, 7) is 1.14. The molecule has 1 aliphatic rings. The summed E-state index contributed by atoms with van der Waals surface area (Å²) >= 11 is 0. The van der Waals surface area contributed by atoms with Gasteiger partial charge in [0.25, 0.3) is 0 Å². The number of benzene rings is 1. The number of nitrogens with one attached hydrogen (secondary N) is 3. The van der Waals surface area contributed by atoms with Gasteiger partial charge in [0.1, 0.15) is 23.7 Å². The van der Waals surface area contributed by atoms with Gasteiger partial charge in [-0.1, -0.05) is 0 Å². The average molecular weight is 578 g/mol. The van der Waals surface area contributed by atoms with E-state index in [4.69, 9.17) is 14.7 Å². The summed E-state index contributed by atoms with van der Waals surface area (Å²) in [7, 11) is 3.90. The molecule has 0 saturated heterocycles. The first kappa shape index (κ1) is 26.7. The number of fused-ring (bicyclic) bond motifs is 2. The number of carbonyl (C=O) groups is 1. The number of aromatic nitrogens is 7. The molecule has 1 fully saturated rings. The lowest BCUT2D eigenvalue weighted by atomic mass is 10.1. The number of H-pyrrole nitrogens is 2. The van der Waals surface area contributed by atoms with Gasteiger partial charge in [-0.25, -0.2) is 14.4 Å². The Kier molecular flexibility index (Phi) is 6.74. The third kappa shape index (κ3) is 5.52. The normalized spacial score (nSPS) is 13.2. The quantitative estimate of drug-likeness (QED) is 0.217. The molecule has 1 aliphatic carbocycles. The minimum atomic E-state index is -0.411. The van der Waals surface area contributed by atoms with Crippen molar-refractivity contribution in [3.05, 3.63) is 67.0 Å². The molecular weight excluding hydrogens is 549 g/mol. The van der Waals surface area contributed by atoms with Crippen LogP contribution < -0.4 is 10.1 Å². The van der Waals surface area contributed by atoms with Gasteiger partial charge in [0, 0.05) is 42.0 Å². The average Bonchev–Trinajstić information content (AvgIpc) is 3.62. The first-order valence-electron chi connectivity index (χ1n) is 14.0. The van der Waals surface area contributed by atoms with Crippen LogP contribution in [-0.2, 0) is 4.79 Å². The Bertz CT molecular complexity index is 1980. The van der Waals surface area contributed by atoms with E-state index in [9.17, 15) is 9.18 Å². The smallest absolute Gasteiger partial charge is 0.227 e. The highest BCUT2D eigenvalue weighted by molar-refractivity contribution is 5.96. The Morgan fingerprint density at radius 3 is 2.70 bits per heavy atom. The maximum absolute atomic E-state index is 14.6. The van der Waals surface area contributed by atoms with Crippen LogP contribution in [0.1, 0.15) is 12.8 Å². The van der Waals surface area contributed by atoms with Crippen molar-refractivity contribution in [2.24, 2.45) is 5.92 Å². The summed E-state index contributed by atoms with van der Waals surface area (Å²) in [6.07, 6.45) is 8.51. The predicted molar refractivity (Wildman–Crippen MR) is 161 cm³/mol.